The fourth-order valence-corrected chi connectivity index (χ4v) is 5.84. The van der Waals surface area contributed by atoms with Crippen LogP contribution in [0.15, 0.2) is 48.8 Å². The molecule has 3 aliphatic rings. The standard InChI is InChI=1S/C28H35N5O3/c34-24-7-5-22(6-8-24)28(35)32-14-12-31(13-15-32)25-9-10-30-33-19-23(17-26(25)33)20-1-3-21(4-2-20)27-18-29-11-16-36-27/h1-4,9-10,17,19,22,24,27,29,34H,5-8,11-16,18H2. The van der Waals surface area contributed by atoms with E-state index in [2.05, 4.69) is 57.9 Å². The molecule has 0 bridgehead atoms. The van der Waals surface area contributed by atoms with Crippen LogP contribution in [0.25, 0.3) is 16.6 Å². The van der Waals surface area contributed by atoms with Crippen molar-refractivity contribution in [1.29, 1.82) is 0 Å². The molecule has 2 aliphatic heterocycles. The fraction of sp³-hybridized carbons (Fsp3) is 0.500. The zero-order chi connectivity index (χ0) is 24.5. The molecular formula is C28H35N5O3. The summed E-state index contributed by atoms with van der Waals surface area (Å²) in [7, 11) is 0. The van der Waals surface area contributed by atoms with Gasteiger partial charge in [0.05, 0.1) is 30.0 Å². The number of amides is 1. The van der Waals surface area contributed by atoms with Crippen LogP contribution in [-0.2, 0) is 9.53 Å². The molecule has 0 radical (unpaired) electrons. The Morgan fingerprint density at radius 1 is 1.00 bits per heavy atom. The van der Waals surface area contributed by atoms with Crippen molar-refractivity contribution < 1.29 is 14.6 Å². The third-order valence-electron chi connectivity index (χ3n) is 8.01. The molecule has 190 valence electrons. The molecule has 1 aliphatic carbocycles. The number of aliphatic hydroxyl groups excluding tert-OH is 1. The molecule has 0 spiro atoms. The van der Waals surface area contributed by atoms with E-state index in [0.717, 1.165) is 93.9 Å². The lowest BCUT2D eigenvalue weighted by Gasteiger charge is -2.38. The third kappa shape index (κ3) is 4.73. The van der Waals surface area contributed by atoms with Gasteiger partial charge < -0.3 is 25.0 Å². The lowest BCUT2D eigenvalue weighted by Crippen LogP contribution is -2.51. The molecule has 1 saturated carbocycles. The molecule has 8 heteroatoms. The number of fused-ring (bicyclic) bond motifs is 1. The SMILES string of the molecule is O=C(C1CCC(O)CC1)N1CCN(c2ccnn3cc(-c4ccc(C5CNCCO5)cc4)cc23)CC1. The van der Waals surface area contributed by atoms with Gasteiger partial charge in [0.25, 0.3) is 0 Å². The van der Waals surface area contributed by atoms with Gasteiger partial charge in [0, 0.05) is 63.1 Å². The smallest absolute Gasteiger partial charge is 0.225 e. The number of rotatable bonds is 4. The zero-order valence-corrected chi connectivity index (χ0v) is 20.7. The highest BCUT2D eigenvalue weighted by Crippen LogP contribution is 2.31. The van der Waals surface area contributed by atoms with E-state index in [1.165, 1.54) is 5.56 Å². The fourth-order valence-electron chi connectivity index (χ4n) is 5.84. The molecule has 8 nitrogen and oxygen atoms in total. The summed E-state index contributed by atoms with van der Waals surface area (Å²) in [5.74, 6) is 0.345. The van der Waals surface area contributed by atoms with E-state index in [4.69, 9.17) is 4.74 Å². The van der Waals surface area contributed by atoms with Gasteiger partial charge in [-0.05, 0) is 48.9 Å². The van der Waals surface area contributed by atoms with E-state index in [0.29, 0.717) is 0 Å². The summed E-state index contributed by atoms with van der Waals surface area (Å²) >= 11 is 0. The summed E-state index contributed by atoms with van der Waals surface area (Å²) in [6.45, 7) is 5.61. The van der Waals surface area contributed by atoms with Crippen LogP contribution in [0.2, 0.25) is 0 Å². The topological polar surface area (TPSA) is 82.3 Å². The summed E-state index contributed by atoms with van der Waals surface area (Å²) in [6, 6.07) is 12.9. The van der Waals surface area contributed by atoms with Gasteiger partial charge in [-0.3, -0.25) is 4.79 Å². The number of carbonyl (C=O) groups is 1. The van der Waals surface area contributed by atoms with Gasteiger partial charge in [-0.15, -0.1) is 0 Å². The van der Waals surface area contributed by atoms with Gasteiger partial charge in [-0.25, -0.2) is 4.52 Å². The number of piperazine rings is 1. The summed E-state index contributed by atoms with van der Waals surface area (Å²) in [6.07, 6.45) is 6.94. The van der Waals surface area contributed by atoms with Gasteiger partial charge in [0.15, 0.2) is 0 Å². The molecule has 1 unspecified atom stereocenters. The molecule has 36 heavy (non-hydrogen) atoms. The number of morpholine rings is 1. The second-order valence-corrected chi connectivity index (χ2v) is 10.3. The van der Waals surface area contributed by atoms with Crippen molar-refractivity contribution in [3.63, 3.8) is 0 Å². The first-order valence-corrected chi connectivity index (χ1v) is 13.3. The van der Waals surface area contributed by atoms with Crippen LogP contribution in [-0.4, -0.2) is 77.5 Å². The molecule has 2 saturated heterocycles. The van der Waals surface area contributed by atoms with Crippen LogP contribution in [0.1, 0.15) is 37.4 Å². The number of carbonyl (C=O) groups excluding carboxylic acids is 1. The maximum Gasteiger partial charge on any atom is 0.225 e. The number of hydrogen-bond acceptors (Lipinski definition) is 6. The number of hydrogen-bond donors (Lipinski definition) is 2. The molecule has 1 amide bonds. The molecular weight excluding hydrogens is 454 g/mol. The summed E-state index contributed by atoms with van der Waals surface area (Å²) in [5.41, 5.74) is 5.73. The van der Waals surface area contributed by atoms with E-state index >= 15 is 0 Å². The van der Waals surface area contributed by atoms with Gasteiger partial charge in [-0.1, -0.05) is 24.3 Å². The van der Waals surface area contributed by atoms with Crippen LogP contribution < -0.4 is 10.2 Å². The Labute approximate surface area is 211 Å². The molecule has 3 aromatic rings. The molecule has 2 N–H and O–H groups in total. The van der Waals surface area contributed by atoms with E-state index in [9.17, 15) is 9.90 Å². The Morgan fingerprint density at radius 3 is 2.50 bits per heavy atom. The average Bonchev–Trinajstić information content (AvgIpc) is 3.38. The van der Waals surface area contributed by atoms with Crippen molar-refractivity contribution in [2.75, 3.05) is 50.8 Å². The zero-order valence-electron chi connectivity index (χ0n) is 20.7. The minimum absolute atomic E-state index is 0.0769. The van der Waals surface area contributed by atoms with Crippen molar-refractivity contribution in [2.24, 2.45) is 5.92 Å². The molecule has 6 rings (SSSR count). The Bertz CT molecular complexity index is 1190. The van der Waals surface area contributed by atoms with Crippen LogP contribution >= 0.6 is 0 Å². The van der Waals surface area contributed by atoms with Crippen LogP contribution in [0.5, 0.6) is 0 Å². The molecule has 1 aromatic carbocycles. The first-order valence-electron chi connectivity index (χ1n) is 13.3. The predicted molar refractivity (Wildman–Crippen MR) is 139 cm³/mol. The normalized spacial score (nSPS) is 25.3. The van der Waals surface area contributed by atoms with E-state index in [1.807, 2.05) is 15.6 Å². The molecule has 2 aromatic heterocycles. The Balaban J connectivity index is 1.15. The van der Waals surface area contributed by atoms with Crippen LogP contribution in [0, 0.1) is 5.92 Å². The van der Waals surface area contributed by atoms with Crippen LogP contribution in [0.3, 0.4) is 0 Å². The number of benzene rings is 1. The Hall–Kier alpha value is -2.94. The average molecular weight is 490 g/mol. The Kier molecular flexibility index (Phi) is 6.65. The lowest BCUT2D eigenvalue weighted by atomic mass is 9.86. The highest BCUT2D eigenvalue weighted by molar-refractivity contribution is 5.81. The number of aliphatic hydroxyl groups is 1. The number of ether oxygens (including phenoxy) is 1. The number of anilines is 1. The van der Waals surface area contributed by atoms with Gasteiger partial charge >= 0.3 is 0 Å². The van der Waals surface area contributed by atoms with Crippen molar-refractivity contribution >= 4 is 17.1 Å². The van der Waals surface area contributed by atoms with Gasteiger partial charge in [0.2, 0.25) is 5.91 Å². The summed E-state index contributed by atoms with van der Waals surface area (Å²) in [5, 5.41) is 17.7. The second-order valence-electron chi connectivity index (χ2n) is 10.3. The highest BCUT2D eigenvalue weighted by Gasteiger charge is 2.31. The van der Waals surface area contributed by atoms with Crippen molar-refractivity contribution in [3.05, 3.63) is 54.4 Å². The lowest BCUT2D eigenvalue weighted by molar-refractivity contribution is -0.137. The minimum Gasteiger partial charge on any atom is -0.393 e. The quantitative estimate of drug-likeness (QED) is 0.587. The minimum atomic E-state index is -0.229. The molecule has 1 atom stereocenters. The molecule has 4 heterocycles. The highest BCUT2D eigenvalue weighted by atomic mass is 16.5. The molecule has 3 fully saturated rings. The number of aromatic nitrogens is 2. The Morgan fingerprint density at radius 2 is 1.78 bits per heavy atom. The van der Waals surface area contributed by atoms with Crippen molar-refractivity contribution in [1.82, 2.24) is 19.8 Å². The van der Waals surface area contributed by atoms with Gasteiger partial charge in [0.1, 0.15) is 0 Å². The van der Waals surface area contributed by atoms with Gasteiger partial charge in [-0.2, -0.15) is 5.10 Å². The van der Waals surface area contributed by atoms with E-state index in [1.54, 1.807) is 0 Å². The van der Waals surface area contributed by atoms with E-state index in [-0.39, 0.29) is 24.0 Å². The maximum atomic E-state index is 13.0. The second kappa shape index (κ2) is 10.2. The number of nitrogens with zero attached hydrogens (tertiary/aromatic N) is 4. The van der Waals surface area contributed by atoms with E-state index < -0.39 is 0 Å². The van der Waals surface area contributed by atoms with Crippen molar-refractivity contribution in [2.45, 2.75) is 37.9 Å². The maximum absolute atomic E-state index is 13.0. The van der Waals surface area contributed by atoms with Crippen LogP contribution in [0.4, 0.5) is 5.69 Å². The largest absolute Gasteiger partial charge is 0.393 e. The third-order valence-corrected chi connectivity index (χ3v) is 8.01. The monoisotopic (exact) mass is 489 g/mol. The predicted octanol–water partition coefficient (Wildman–Crippen LogP) is 2.86. The summed E-state index contributed by atoms with van der Waals surface area (Å²) in [4.78, 5) is 17.4. The first kappa shape index (κ1) is 23.5. The number of nitrogens with one attached hydrogen (secondary N) is 1. The van der Waals surface area contributed by atoms with Crippen molar-refractivity contribution in [3.8, 4) is 11.1 Å². The first-order chi connectivity index (χ1) is 17.7. The summed E-state index contributed by atoms with van der Waals surface area (Å²) < 4.78 is 7.84.